The molecule has 2 atom stereocenters. The van der Waals surface area contributed by atoms with Crippen molar-refractivity contribution < 1.29 is 13.5 Å². The third-order valence-corrected chi connectivity index (χ3v) is 2.93. The molecule has 0 saturated heterocycles. The predicted octanol–water partition coefficient (Wildman–Crippen LogP) is 3.27. The van der Waals surface area contributed by atoms with Gasteiger partial charge in [-0.1, -0.05) is 36.4 Å². The van der Waals surface area contributed by atoms with Gasteiger partial charge in [0, 0.05) is 0 Å². The van der Waals surface area contributed by atoms with Gasteiger partial charge in [0.05, 0.1) is 25.0 Å². The van der Waals surface area contributed by atoms with E-state index in [0.717, 1.165) is 5.56 Å². The molecule has 2 rings (SSSR count). The Bertz CT molecular complexity index is 361. The summed E-state index contributed by atoms with van der Waals surface area (Å²) in [7, 11) is 0. The van der Waals surface area contributed by atoms with E-state index in [4.69, 9.17) is 4.74 Å². The third kappa shape index (κ3) is 2.14. The Morgan fingerprint density at radius 3 is 2.56 bits per heavy atom. The van der Waals surface area contributed by atoms with Gasteiger partial charge in [-0.3, -0.25) is 0 Å². The van der Waals surface area contributed by atoms with Crippen molar-refractivity contribution in [2.75, 3.05) is 6.61 Å². The molecular weight excluding hydrogens is 210 g/mol. The first kappa shape index (κ1) is 11.3. The number of hydrogen-bond acceptors (Lipinski definition) is 1. The van der Waals surface area contributed by atoms with Gasteiger partial charge in [-0.25, -0.2) is 8.78 Å². The molecule has 0 aliphatic heterocycles. The molecule has 86 valence electrons. The molecule has 1 aromatic carbocycles. The summed E-state index contributed by atoms with van der Waals surface area (Å²) in [5, 5.41) is 0. The van der Waals surface area contributed by atoms with Crippen LogP contribution in [0.1, 0.15) is 5.56 Å². The zero-order valence-electron chi connectivity index (χ0n) is 8.90. The normalized spacial score (nSPS) is 26.4. The van der Waals surface area contributed by atoms with Crippen LogP contribution in [0.2, 0.25) is 0 Å². The maximum atomic E-state index is 13.0. The molecule has 1 aliphatic carbocycles. The molecule has 1 fully saturated rings. The van der Waals surface area contributed by atoms with E-state index < -0.39 is 17.8 Å². The summed E-state index contributed by atoms with van der Waals surface area (Å²) in [6.07, 6.45) is 1.32. The van der Waals surface area contributed by atoms with Crippen LogP contribution in [0.4, 0.5) is 8.78 Å². The lowest BCUT2D eigenvalue weighted by molar-refractivity contribution is 0.0473. The molecule has 16 heavy (non-hydrogen) atoms. The fourth-order valence-electron chi connectivity index (χ4n) is 1.83. The minimum Gasteiger partial charge on any atom is -0.376 e. The highest BCUT2D eigenvalue weighted by molar-refractivity contribution is 5.15. The van der Waals surface area contributed by atoms with Crippen LogP contribution in [0.5, 0.6) is 0 Å². The van der Waals surface area contributed by atoms with Crippen LogP contribution in [-0.2, 0) is 11.3 Å². The van der Waals surface area contributed by atoms with E-state index in [-0.39, 0.29) is 6.61 Å². The van der Waals surface area contributed by atoms with Crippen molar-refractivity contribution in [3.63, 3.8) is 0 Å². The van der Waals surface area contributed by atoms with E-state index in [2.05, 4.69) is 6.58 Å². The van der Waals surface area contributed by atoms with Crippen molar-refractivity contribution in [2.45, 2.75) is 12.5 Å². The van der Waals surface area contributed by atoms with Gasteiger partial charge < -0.3 is 4.74 Å². The number of rotatable bonds is 5. The van der Waals surface area contributed by atoms with Gasteiger partial charge in [0.15, 0.2) is 0 Å². The minimum atomic E-state index is -2.61. The van der Waals surface area contributed by atoms with Crippen LogP contribution in [0.25, 0.3) is 0 Å². The number of hydrogen-bond donors (Lipinski definition) is 0. The third-order valence-electron chi connectivity index (χ3n) is 2.93. The van der Waals surface area contributed by atoms with E-state index >= 15 is 0 Å². The molecule has 1 saturated carbocycles. The largest absolute Gasteiger partial charge is 0.376 e. The fraction of sp³-hybridized carbons (Fsp3) is 0.385. The van der Waals surface area contributed by atoms with Crippen LogP contribution in [-0.4, -0.2) is 12.5 Å². The average molecular weight is 224 g/mol. The van der Waals surface area contributed by atoms with Crippen LogP contribution in [0.3, 0.4) is 0 Å². The highest BCUT2D eigenvalue weighted by Crippen LogP contribution is 2.55. The van der Waals surface area contributed by atoms with Crippen molar-refractivity contribution in [2.24, 2.45) is 11.8 Å². The summed E-state index contributed by atoms with van der Waals surface area (Å²) in [5.41, 5.74) is 1.00. The highest BCUT2D eigenvalue weighted by atomic mass is 19.3. The van der Waals surface area contributed by atoms with Gasteiger partial charge >= 0.3 is 0 Å². The lowest BCUT2D eigenvalue weighted by Gasteiger charge is -2.02. The van der Waals surface area contributed by atoms with Crippen molar-refractivity contribution in [3.05, 3.63) is 48.6 Å². The maximum Gasteiger partial charge on any atom is 0.260 e. The SMILES string of the molecule is C=C[C@H]1[C@@H](COCc2ccccc2)C1(F)F. The van der Waals surface area contributed by atoms with Crippen LogP contribution in [0.15, 0.2) is 43.0 Å². The molecular formula is C13H14F2O. The first-order valence-electron chi connectivity index (χ1n) is 5.28. The molecule has 0 aromatic heterocycles. The molecule has 3 heteroatoms. The second-order valence-corrected chi connectivity index (χ2v) is 4.04. The smallest absolute Gasteiger partial charge is 0.260 e. The summed E-state index contributed by atoms with van der Waals surface area (Å²) in [4.78, 5) is 0. The number of allylic oxidation sites excluding steroid dienone is 1. The molecule has 1 aliphatic rings. The molecule has 0 radical (unpaired) electrons. The molecule has 0 unspecified atom stereocenters. The fourth-order valence-corrected chi connectivity index (χ4v) is 1.83. The summed E-state index contributed by atoms with van der Waals surface area (Å²) >= 11 is 0. The second kappa shape index (κ2) is 4.34. The Kier molecular flexibility index (Phi) is 3.06. The Balaban J connectivity index is 1.76. The Labute approximate surface area is 93.7 Å². The first-order chi connectivity index (χ1) is 7.66. The summed E-state index contributed by atoms with van der Waals surface area (Å²) in [6, 6.07) is 9.53. The molecule has 0 spiro atoms. The van der Waals surface area contributed by atoms with Crippen molar-refractivity contribution in [1.29, 1.82) is 0 Å². The summed E-state index contributed by atoms with van der Waals surface area (Å²) in [6.45, 7) is 3.88. The van der Waals surface area contributed by atoms with E-state index in [9.17, 15) is 8.78 Å². The topological polar surface area (TPSA) is 9.23 Å². The Hall–Kier alpha value is -1.22. The van der Waals surface area contributed by atoms with E-state index in [0.29, 0.717) is 6.61 Å². The molecule has 0 amide bonds. The maximum absolute atomic E-state index is 13.0. The standard InChI is InChI=1S/C13H14F2O/c1-2-11-12(13(11,14)15)9-16-8-10-6-4-3-5-7-10/h2-7,11-12H,1,8-9H2/t11-,12+/m0/s1. The van der Waals surface area contributed by atoms with Gasteiger partial charge in [0.25, 0.3) is 5.92 Å². The van der Waals surface area contributed by atoms with Crippen molar-refractivity contribution in [3.8, 4) is 0 Å². The highest BCUT2D eigenvalue weighted by Gasteiger charge is 2.66. The Morgan fingerprint density at radius 1 is 1.31 bits per heavy atom. The number of halogens is 2. The van der Waals surface area contributed by atoms with Crippen LogP contribution >= 0.6 is 0 Å². The summed E-state index contributed by atoms with van der Waals surface area (Å²) < 4.78 is 31.4. The monoisotopic (exact) mass is 224 g/mol. The molecule has 0 N–H and O–H groups in total. The Morgan fingerprint density at radius 2 is 2.00 bits per heavy atom. The first-order valence-corrected chi connectivity index (χ1v) is 5.28. The number of benzene rings is 1. The van der Waals surface area contributed by atoms with Crippen molar-refractivity contribution in [1.82, 2.24) is 0 Å². The van der Waals surface area contributed by atoms with Gasteiger partial charge in [-0.05, 0) is 5.56 Å². The minimum absolute atomic E-state index is 0.0958. The van der Waals surface area contributed by atoms with Crippen LogP contribution < -0.4 is 0 Å². The lowest BCUT2D eigenvalue weighted by atomic mass is 10.2. The quantitative estimate of drug-likeness (QED) is 0.697. The molecule has 0 bridgehead atoms. The van der Waals surface area contributed by atoms with E-state index in [1.54, 1.807) is 0 Å². The molecule has 1 aromatic rings. The van der Waals surface area contributed by atoms with Crippen LogP contribution in [0, 0.1) is 11.8 Å². The molecule has 0 heterocycles. The predicted molar refractivity (Wildman–Crippen MR) is 58.2 cm³/mol. The second-order valence-electron chi connectivity index (χ2n) is 4.04. The number of ether oxygens (including phenoxy) is 1. The number of alkyl halides is 2. The zero-order chi connectivity index (χ0) is 11.6. The van der Waals surface area contributed by atoms with Gasteiger partial charge in [-0.15, -0.1) is 6.58 Å². The lowest BCUT2D eigenvalue weighted by Crippen LogP contribution is -2.03. The molecule has 1 nitrogen and oxygen atoms in total. The van der Waals surface area contributed by atoms with E-state index in [1.807, 2.05) is 30.3 Å². The zero-order valence-corrected chi connectivity index (χ0v) is 8.90. The summed E-state index contributed by atoms with van der Waals surface area (Å²) in [5.74, 6) is -4.00. The van der Waals surface area contributed by atoms with Gasteiger partial charge in [0.2, 0.25) is 0 Å². The average Bonchev–Trinajstić information content (AvgIpc) is 2.81. The van der Waals surface area contributed by atoms with Crippen molar-refractivity contribution >= 4 is 0 Å². The van der Waals surface area contributed by atoms with Gasteiger partial charge in [0.1, 0.15) is 0 Å². The van der Waals surface area contributed by atoms with Gasteiger partial charge in [-0.2, -0.15) is 0 Å². The van der Waals surface area contributed by atoms with E-state index in [1.165, 1.54) is 6.08 Å².